The van der Waals surface area contributed by atoms with Crippen LogP contribution in [0.15, 0.2) is 42.6 Å². The number of halogens is 2. The molecule has 2 aromatic rings. The number of nitrogens with one attached hydrogen (secondary N) is 2. The maximum atomic E-state index is 13.2. The zero-order valence-electron chi connectivity index (χ0n) is 15.4. The van der Waals surface area contributed by atoms with Gasteiger partial charge in [0.25, 0.3) is 0 Å². The van der Waals surface area contributed by atoms with Crippen molar-refractivity contribution in [1.29, 1.82) is 0 Å². The SMILES string of the molecule is COC(=O)c1ccc(CNC(=O)N2CCNCC2c2ccc(F)cc2)nc1.Cl. The topological polar surface area (TPSA) is 83.6 Å². The molecule has 150 valence electrons. The van der Waals surface area contributed by atoms with Crippen molar-refractivity contribution in [3.05, 3.63) is 65.2 Å². The van der Waals surface area contributed by atoms with Crippen molar-refractivity contribution in [2.45, 2.75) is 12.6 Å². The number of hydrogen-bond donors (Lipinski definition) is 2. The number of piperazine rings is 1. The summed E-state index contributed by atoms with van der Waals surface area (Å²) in [6, 6.07) is 9.06. The first-order chi connectivity index (χ1) is 13.1. The molecule has 28 heavy (non-hydrogen) atoms. The van der Waals surface area contributed by atoms with Crippen LogP contribution in [0.4, 0.5) is 9.18 Å². The number of urea groups is 1. The van der Waals surface area contributed by atoms with Gasteiger partial charge in [-0.25, -0.2) is 14.0 Å². The second-order valence-corrected chi connectivity index (χ2v) is 6.15. The van der Waals surface area contributed by atoms with Gasteiger partial charge in [0, 0.05) is 25.8 Å². The summed E-state index contributed by atoms with van der Waals surface area (Å²) in [6.45, 7) is 2.07. The van der Waals surface area contributed by atoms with Crippen molar-refractivity contribution in [3.63, 3.8) is 0 Å². The van der Waals surface area contributed by atoms with Crippen LogP contribution >= 0.6 is 12.4 Å². The van der Waals surface area contributed by atoms with Crippen LogP contribution in [0, 0.1) is 5.82 Å². The highest BCUT2D eigenvalue weighted by molar-refractivity contribution is 5.88. The maximum absolute atomic E-state index is 13.2. The maximum Gasteiger partial charge on any atom is 0.339 e. The zero-order chi connectivity index (χ0) is 19.2. The molecule has 0 saturated carbocycles. The lowest BCUT2D eigenvalue weighted by Gasteiger charge is -2.36. The first-order valence-corrected chi connectivity index (χ1v) is 8.62. The average Bonchev–Trinajstić information content (AvgIpc) is 2.72. The second-order valence-electron chi connectivity index (χ2n) is 6.15. The van der Waals surface area contributed by atoms with E-state index in [1.807, 2.05) is 0 Å². The monoisotopic (exact) mass is 408 g/mol. The number of carbonyl (C=O) groups is 2. The number of amides is 2. The van der Waals surface area contributed by atoms with Crippen LogP contribution in [0.5, 0.6) is 0 Å². The van der Waals surface area contributed by atoms with Crippen LogP contribution < -0.4 is 10.6 Å². The van der Waals surface area contributed by atoms with Gasteiger partial charge in [0.2, 0.25) is 0 Å². The molecule has 0 bridgehead atoms. The van der Waals surface area contributed by atoms with Crippen LogP contribution in [0.2, 0.25) is 0 Å². The fraction of sp³-hybridized carbons (Fsp3) is 0.316. The van der Waals surface area contributed by atoms with Gasteiger partial charge in [0.15, 0.2) is 0 Å². The molecule has 1 aliphatic rings. The van der Waals surface area contributed by atoms with Gasteiger partial charge in [0.05, 0.1) is 31.0 Å². The van der Waals surface area contributed by atoms with Crippen molar-refractivity contribution in [2.75, 3.05) is 26.7 Å². The van der Waals surface area contributed by atoms with E-state index in [1.165, 1.54) is 25.4 Å². The lowest BCUT2D eigenvalue weighted by Crippen LogP contribution is -2.51. The highest BCUT2D eigenvalue weighted by Gasteiger charge is 2.27. The molecule has 1 fully saturated rings. The van der Waals surface area contributed by atoms with Gasteiger partial charge >= 0.3 is 12.0 Å². The molecule has 1 atom stereocenters. The standard InChI is InChI=1S/C19H21FN4O3.ClH/c1-27-18(25)14-4-7-16(22-10-14)11-23-19(26)24-9-8-21-12-17(24)13-2-5-15(20)6-3-13;/h2-7,10,17,21H,8-9,11-12H2,1H3,(H,23,26);1H. The Morgan fingerprint density at radius 1 is 1.29 bits per heavy atom. The number of benzene rings is 1. The van der Waals surface area contributed by atoms with Crippen molar-refractivity contribution in [1.82, 2.24) is 20.5 Å². The molecule has 1 aromatic carbocycles. The average molecular weight is 409 g/mol. The third-order valence-corrected chi connectivity index (χ3v) is 4.43. The Balaban J connectivity index is 0.00000280. The van der Waals surface area contributed by atoms with Gasteiger partial charge in [0.1, 0.15) is 5.82 Å². The number of esters is 1. The largest absolute Gasteiger partial charge is 0.465 e. The number of rotatable bonds is 4. The number of aromatic nitrogens is 1. The molecule has 1 unspecified atom stereocenters. The molecule has 2 amide bonds. The predicted octanol–water partition coefficient (Wildman–Crippen LogP) is 2.29. The normalized spacial score (nSPS) is 16.1. The van der Waals surface area contributed by atoms with E-state index in [0.29, 0.717) is 30.9 Å². The lowest BCUT2D eigenvalue weighted by molar-refractivity contribution is 0.0600. The summed E-state index contributed by atoms with van der Waals surface area (Å²) in [4.78, 5) is 30.0. The number of carbonyl (C=O) groups excluding carboxylic acids is 2. The lowest BCUT2D eigenvalue weighted by atomic mass is 10.0. The minimum atomic E-state index is -0.457. The molecule has 7 nitrogen and oxygen atoms in total. The minimum Gasteiger partial charge on any atom is -0.465 e. The number of pyridine rings is 1. The molecule has 0 radical (unpaired) electrons. The molecule has 9 heteroatoms. The van der Waals surface area contributed by atoms with Gasteiger partial charge in [-0.3, -0.25) is 4.98 Å². The van der Waals surface area contributed by atoms with Gasteiger partial charge in [-0.15, -0.1) is 12.4 Å². The number of ether oxygens (including phenoxy) is 1. The highest BCUT2D eigenvalue weighted by Crippen LogP contribution is 2.22. The van der Waals surface area contributed by atoms with Crippen LogP contribution in [0.3, 0.4) is 0 Å². The molecule has 2 heterocycles. The first-order valence-electron chi connectivity index (χ1n) is 8.62. The predicted molar refractivity (Wildman–Crippen MR) is 104 cm³/mol. The van der Waals surface area contributed by atoms with Gasteiger partial charge in [-0.2, -0.15) is 0 Å². The van der Waals surface area contributed by atoms with E-state index < -0.39 is 5.97 Å². The number of nitrogens with zero attached hydrogens (tertiary/aromatic N) is 2. The zero-order valence-corrected chi connectivity index (χ0v) is 16.2. The molecule has 3 rings (SSSR count). The third kappa shape index (κ3) is 5.17. The summed E-state index contributed by atoms with van der Waals surface area (Å²) in [5, 5.41) is 6.11. The third-order valence-electron chi connectivity index (χ3n) is 4.43. The van der Waals surface area contributed by atoms with E-state index in [2.05, 4.69) is 20.4 Å². The van der Waals surface area contributed by atoms with Crippen molar-refractivity contribution >= 4 is 24.4 Å². The van der Waals surface area contributed by atoms with Crippen molar-refractivity contribution in [3.8, 4) is 0 Å². The summed E-state index contributed by atoms with van der Waals surface area (Å²) in [5.74, 6) is -0.763. The molecular weight excluding hydrogens is 387 g/mol. The highest BCUT2D eigenvalue weighted by atomic mass is 35.5. The fourth-order valence-electron chi connectivity index (χ4n) is 2.97. The number of hydrogen-bond acceptors (Lipinski definition) is 5. The second kappa shape index (κ2) is 10.0. The van der Waals surface area contributed by atoms with Crippen LogP contribution in [0.1, 0.15) is 27.7 Å². The van der Waals surface area contributed by atoms with Crippen molar-refractivity contribution in [2.24, 2.45) is 0 Å². The van der Waals surface area contributed by atoms with Gasteiger partial charge < -0.3 is 20.3 Å². The molecule has 1 saturated heterocycles. The van der Waals surface area contributed by atoms with E-state index in [-0.39, 0.29) is 36.8 Å². The van der Waals surface area contributed by atoms with E-state index in [4.69, 9.17) is 0 Å². The Morgan fingerprint density at radius 3 is 2.68 bits per heavy atom. The van der Waals surface area contributed by atoms with E-state index in [9.17, 15) is 14.0 Å². The van der Waals surface area contributed by atoms with Gasteiger partial charge in [-0.05, 0) is 29.8 Å². The summed E-state index contributed by atoms with van der Waals surface area (Å²) in [5.41, 5.74) is 1.86. The molecule has 1 aromatic heterocycles. The molecule has 2 N–H and O–H groups in total. The quantitative estimate of drug-likeness (QED) is 0.758. The van der Waals surface area contributed by atoms with E-state index >= 15 is 0 Å². The molecule has 1 aliphatic heterocycles. The Kier molecular flexibility index (Phi) is 7.71. The Morgan fingerprint density at radius 2 is 2.04 bits per heavy atom. The first kappa shape index (κ1) is 21.6. The Labute approximate surface area is 168 Å². The molecule has 0 spiro atoms. The summed E-state index contributed by atoms with van der Waals surface area (Å²) in [7, 11) is 1.31. The Hall–Kier alpha value is -2.71. The van der Waals surface area contributed by atoms with E-state index in [0.717, 1.165) is 5.56 Å². The van der Waals surface area contributed by atoms with E-state index in [1.54, 1.807) is 29.2 Å². The smallest absolute Gasteiger partial charge is 0.339 e. The van der Waals surface area contributed by atoms with Gasteiger partial charge in [-0.1, -0.05) is 12.1 Å². The van der Waals surface area contributed by atoms with Crippen LogP contribution in [-0.2, 0) is 11.3 Å². The van der Waals surface area contributed by atoms with Crippen molar-refractivity contribution < 1.29 is 18.7 Å². The Bertz CT molecular complexity index is 802. The van der Waals surface area contributed by atoms with Crippen LogP contribution in [-0.4, -0.2) is 48.6 Å². The summed E-state index contributed by atoms with van der Waals surface area (Å²) >= 11 is 0. The molecular formula is C19H22ClFN4O3. The minimum absolute atomic E-state index is 0. The molecule has 0 aliphatic carbocycles. The summed E-state index contributed by atoms with van der Waals surface area (Å²) < 4.78 is 17.8. The fourth-order valence-corrected chi connectivity index (χ4v) is 2.97. The van der Waals surface area contributed by atoms with Crippen LogP contribution in [0.25, 0.3) is 0 Å². The summed E-state index contributed by atoms with van der Waals surface area (Å²) in [6.07, 6.45) is 1.42. The number of methoxy groups -OCH3 is 1.